The van der Waals surface area contributed by atoms with Crippen LogP contribution in [0.2, 0.25) is 10.0 Å². The Morgan fingerprint density at radius 1 is 0.964 bits per heavy atom. The summed E-state index contributed by atoms with van der Waals surface area (Å²) < 4.78 is 11.3. The van der Waals surface area contributed by atoms with E-state index in [4.69, 9.17) is 32.7 Å². The average Bonchev–Trinajstić information content (AvgIpc) is 2.72. The first-order chi connectivity index (χ1) is 13.6. The number of aryl methyl sites for hydroxylation is 1. The van der Waals surface area contributed by atoms with Crippen molar-refractivity contribution >= 4 is 35.1 Å². The highest BCUT2D eigenvalue weighted by Gasteiger charge is 2.12. The Morgan fingerprint density at radius 2 is 1.71 bits per heavy atom. The largest absolute Gasteiger partial charge is 0.493 e. The van der Waals surface area contributed by atoms with Crippen molar-refractivity contribution < 1.29 is 9.47 Å². The number of methoxy groups -OCH3 is 1. The Morgan fingerprint density at radius 3 is 2.39 bits per heavy atom. The summed E-state index contributed by atoms with van der Waals surface area (Å²) >= 11 is 12.6. The number of nitrogens with zero attached hydrogens (tertiary/aromatic N) is 1. The van der Waals surface area contributed by atoms with Crippen molar-refractivity contribution in [1.82, 2.24) is 0 Å². The molecule has 0 aliphatic carbocycles. The fraction of sp³-hybridized carbons (Fsp3) is 0.174. The van der Waals surface area contributed by atoms with Crippen LogP contribution in [0.5, 0.6) is 11.5 Å². The molecule has 0 fully saturated rings. The van der Waals surface area contributed by atoms with Crippen LogP contribution in [0.3, 0.4) is 0 Å². The lowest BCUT2D eigenvalue weighted by molar-refractivity contribution is 0.285. The van der Waals surface area contributed by atoms with Gasteiger partial charge >= 0.3 is 0 Å². The predicted octanol–water partition coefficient (Wildman–Crippen LogP) is 6.89. The molecule has 0 aliphatic rings. The molecule has 3 rings (SSSR count). The normalized spacial score (nSPS) is 11.0. The van der Waals surface area contributed by atoms with E-state index >= 15 is 0 Å². The molecule has 0 aromatic heterocycles. The smallest absolute Gasteiger partial charge is 0.180 e. The Bertz CT molecular complexity index is 969. The van der Waals surface area contributed by atoms with Crippen LogP contribution in [-0.4, -0.2) is 13.3 Å². The maximum atomic E-state index is 6.44. The van der Waals surface area contributed by atoms with Crippen LogP contribution >= 0.6 is 23.2 Å². The number of halogens is 2. The molecule has 144 valence electrons. The average molecular weight is 414 g/mol. The number of aliphatic imine (C=N–C) groups is 1. The highest BCUT2D eigenvalue weighted by Crippen LogP contribution is 2.37. The molecule has 5 heteroatoms. The van der Waals surface area contributed by atoms with E-state index in [1.54, 1.807) is 19.4 Å². The quantitative estimate of drug-likeness (QED) is 0.394. The number of hydrogen-bond acceptors (Lipinski definition) is 3. The topological polar surface area (TPSA) is 30.8 Å². The van der Waals surface area contributed by atoms with E-state index < -0.39 is 0 Å². The molecule has 3 aromatic carbocycles. The summed E-state index contributed by atoms with van der Waals surface area (Å²) in [5, 5.41) is 1.10. The van der Waals surface area contributed by atoms with Gasteiger partial charge in [0.1, 0.15) is 6.61 Å². The fourth-order valence-electron chi connectivity index (χ4n) is 2.69. The second kappa shape index (κ2) is 9.63. The van der Waals surface area contributed by atoms with Crippen LogP contribution in [0.4, 0.5) is 5.69 Å². The maximum absolute atomic E-state index is 6.44. The second-order valence-electron chi connectivity index (χ2n) is 6.19. The first-order valence-corrected chi connectivity index (χ1v) is 9.73. The van der Waals surface area contributed by atoms with E-state index in [0.29, 0.717) is 28.2 Å². The third-order valence-electron chi connectivity index (χ3n) is 4.29. The molecule has 28 heavy (non-hydrogen) atoms. The van der Waals surface area contributed by atoms with E-state index in [9.17, 15) is 0 Å². The monoisotopic (exact) mass is 413 g/mol. The molecule has 0 bridgehead atoms. The predicted molar refractivity (Wildman–Crippen MR) is 117 cm³/mol. The zero-order chi connectivity index (χ0) is 19.9. The van der Waals surface area contributed by atoms with Crippen molar-refractivity contribution in [1.29, 1.82) is 0 Å². The molecule has 3 nitrogen and oxygen atoms in total. The van der Waals surface area contributed by atoms with Crippen molar-refractivity contribution in [2.45, 2.75) is 20.0 Å². The first kappa shape index (κ1) is 20.2. The highest BCUT2D eigenvalue weighted by molar-refractivity contribution is 6.32. The van der Waals surface area contributed by atoms with Crippen LogP contribution in [0.15, 0.2) is 65.7 Å². The number of benzene rings is 3. The number of hydrogen-bond donors (Lipinski definition) is 0. The van der Waals surface area contributed by atoms with E-state index in [2.05, 4.69) is 24.0 Å². The molecule has 0 saturated heterocycles. The SMILES string of the molecule is CCc1ccc(N=Cc2cc(Cl)c(OCc3ccccc3Cl)c(OC)c2)cc1. The number of rotatable bonds is 7. The third-order valence-corrected chi connectivity index (χ3v) is 4.94. The van der Waals surface area contributed by atoms with Gasteiger partial charge in [0.2, 0.25) is 0 Å². The summed E-state index contributed by atoms with van der Waals surface area (Å²) in [6, 6.07) is 19.3. The molecule has 0 radical (unpaired) electrons. The maximum Gasteiger partial charge on any atom is 0.180 e. The van der Waals surface area contributed by atoms with Crippen LogP contribution in [0.25, 0.3) is 0 Å². The van der Waals surface area contributed by atoms with Crippen molar-refractivity contribution in [3.05, 3.63) is 87.4 Å². The molecule has 0 amide bonds. The van der Waals surface area contributed by atoms with Gasteiger partial charge in [0, 0.05) is 16.8 Å². The summed E-state index contributed by atoms with van der Waals surface area (Å²) in [5.41, 5.74) is 3.87. The fourth-order valence-corrected chi connectivity index (χ4v) is 3.15. The van der Waals surface area contributed by atoms with Gasteiger partial charge in [-0.3, -0.25) is 4.99 Å². The third kappa shape index (κ3) is 5.06. The molecule has 0 heterocycles. The van der Waals surface area contributed by atoms with Crippen LogP contribution in [0, 0.1) is 0 Å². The second-order valence-corrected chi connectivity index (χ2v) is 7.01. The first-order valence-electron chi connectivity index (χ1n) is 8.97. The van der Waals surface area contributed by atoms with Gasteiger partial charge in [-0.15, -0.1) is 0 Å². The van der Waals surface area contributed by atoms with Gasteiger partial charge in [0.05, 0.1) is 17.8 Å². The van der Waals surface area contributed by atoms with Crippen LogP contribution < -0.4 is 9.47 Å². The molecule has 0 atom stereocenters. The molecule has 0 saturated carbocycles. The van der Waals surface area contributed by atoms with Crippen molar-refractivity contribution in [2.24, 2.45) is 4.99 Å². The summed E-state index contributed by atoms with van der Waals surface area (Å²) in [7, 11) is 1.58. The Balaban J connectivity index is 1.78. The number of ether oxygens (including phenoxy) is 2. The van der Waals surface area contributed by atoms with Gasteiger partial charge < -0.3 is 9.47 Å². The standard InChI is InChI=1S/C23H21Cl2NO2/c1-3-16-8-10-19(11-9-16)26-14-17-12-21(25)23(22(13-17)27-2)28-15-18-6-4-5-7-20(18)24/h4-14H,3,15H2,1-2H3. The van der Waals surface area contributed by atoms with E-state index in [1.165, 1.54) is 5.56 Å². The zero-order valence-electron chi connectivity index (χ0n) is 15.8. The van der Waals surface area contributed by atoms with Gasteiger partial charge in [-0.05, 0) is 47.9 Å². The molecule has 0 N–H and O–H groups in total. The minimum absolute atomic E-state index is 0.299. The Labute approximate surface area is 175 Å². The van der Waals surface area contributed by atoms with Crippen molar-refractivity contribution in [2.75, 3.05) is 7.11 Å². The van der Waals surface area contributed by atoms with E-state index in [1.807, 2.05) is 42.5 Å². The van der Waals surface area contributed by atoms with Crippen LogP contribution in [0.1, 0.15) is 23.6 Å². The highest BCUT2D eigenvalue weighted by atomic mass is 35.5. The summed E-state index contributed by atoms with van der Waals surface area (Å²) in [6.07, 6.45) is 2.76. The Kier molecular flexibility index (Phi) is 6.96. The van der Waals surface area contributed by atoms with Crippen LogP contribution in [-0.2, 0) is 13.0 Å². The van der Waals surface area contributed by atoms with E-state index in [0.717, 1.165) is 23.2 Å². The molecule has 0 aliphatic heterocycles. The van der Waals surface area contributed by atoms with Gasteiger partial charge in [-0.2, -0.15) is 0 Å². The molecule has 0 unspecified atom stereocenters. The summed E-state index contributed by atoms with van der Waals surface area (Å²) in [5.74, 6) is 1.02. The minimum atomic E-state index is 0.299. The minimum Gasteiger partial charge on any atom is -0.493 e. The van der Waals surface area contributed by atoms with Crippen molar-refractivity contribution in [3.63, 3.8) is 0 Å². The van der Waals surface area contributed by atoms with Gasteiger partial charge in [0.25, 0.3) is 0 Å². The Hall–Kier alpha value is -2.49. The van der Waals surface area contributed by atoms with Gasteiger partial charge in [-0.25, -0.2) is 0 Å². The zero-order valence-corrected chi connectivity index (χ0v) is 17.3. The summed E-state index contributed by atoms with van der Waals surface area (Å²) in [6.45, 7) is 2.43. The molecule has 0 spiro atoms. The lowest BCUT2D eigenvalue weighted by atomic mass is 10.1. The summed E-state index contributed by atoms with van der Waals surface area (Å²) in [4.78, 5) is 4.51. The van der Waals surface area contributed by atoms with Gasteiger partial charge in [-0.1, -0.05) is 60.5 Å². The molecule has 3 aromatic rings. The molecular weight excluding hydrogens is 393 g/mol. The lowest BCUT2D eigenvalue weighted by Gasteiger charge is -2.14. The van der Waals surface area contributed by atoms with Crippen molar-refractivity contribution in [3.8, 4) is 11.5 Å². The lowest BCUT2D eigenvalue weighted by Crippen LogP contribution is -2.00. The van der Waals surface area contributed by atoms with Gasteiger partial charge in [0.15, 0.2) is 11.5 Å². The molecular formula is C23H21Cl2NO2. The van der Waals surface area contributed by atoms with E-state index in [-0.39, 0.29) is 0 Å².